The van der Waals surface area contributed by atoms with E-state index >= 15 is 0 Å². The molecule has 0 saturated carbocycles. The first-order valence-corrected chi connectivity index (χ1v) is 8.75. The van der Waals surface area contributed by atoms with E-state index < -0.39 is 15.9 Å². The summed E-state index contributed by atoms with van der Waals surface area (Å²) in [7, 11) is -3.14. The number of anilines is 2. The molecule has 2 rings (SSSR count). The lowest BCUT2D eigenvalue weighted by Gasteiger charge is -2.30. The van der Waals surface area contributed by atoms with E-state index in [9.17, 15) is 18.8 Å². The highest BCUT2D eigenvalue weighted by molar-refractivity contribution is 7.90. The van der Waals surface area contributed by atoms with Crippen LogP contribution in [0.3, 0.4) is 0 Å². The van der Waals surface area contributed by atoms with Crippen LogP contribution in [-0.4, -0.2) is 54.5 Å². The highest BCUT2D eigenvalue weighted by Crippen LogP contribution is 2.27. The van der Waals surface area contributed by atoms with Gasteiger partial charge in [-0.15, -0.1) is 0 Å². The fourth-order valence-electron chi connectivity index (χ4n) is 2.36. The summed E-state index contributed by atoms with van der Waals surface area (Å²) < 4.78 is 23.8. The monoisotopic (exact) mass is 313 g/mol. The number of nitriles is 1. The van der Waals surface area contributed by atoms with E-state index in [2.05, 4.69) is 5.10 Å². The van der Waals surface area contributed by atoms with Gasteiger partial charge in [0.25, 0.3) is 0 Å². The zero-order valence-electron chi connectivity index (χ0n) is 11.9. The Bertz CT molecular complexity index is 661. The van der Waals surface area contributed by atoms with Gasteiger partial charge in [-0.05, 0) is 12.8 Å². The number of nitrogens with two attached hydrogens (primary N) is 1. The summed E-state index contributed by atoms with van der Waals surface area (Å²) in [4.78, 5) is 1.82. The Hall–Kier alpha value is -1.79. The normalized spacial score (nSPS) is 19.5. The lowest BCUT2D eigenvalue weighted by molar-refractivity contribution is 0.154. The van der Waals surface area contributed by atoms with E-state index in [0.717, 1.165) is 19.1 Å². The summed E-state index contributed by atoms with van der Waals surface area (Å²) in [5.74, 6) is 0.490. The van der Waals surface area contributed by atoms with Crippen LogP contribution in [0, 0.1) is 11.3 Å². The molecule has 0 aliphatic carbocycles. The lowest BCUT2D eigenvalue weighted by atomic mass is 10.1. The standard InChI is InChI=1S/C12H19N5O3S/c1-21(19,20)6-5-17-11(14)10(7-13)12(15-17)16-4-2-3-9(18)8-16/h9,18H,2-6,8,14H2,1H3. The molecule has 116 valence electrons. The van der Waals surface area contributed by atoms with Crippen molar-refractivity contribution in [3.05, 3.63) is 5.56 Å². The van der Waals surface area contributed by atoms with Crippen molar-refractivity contribution < 1.29 is 13.5 Å². The minimum Gasteiger partial charge on any atom is -0.391 e. The molecule has 1 saturated heterocycles. The fraction of sp³-hybridized carbons (Fsp3) is 0.667. The molecule has 1 fully saturated rings. The third-order valence-electron chi connectivity index (χ3n) is 3.45. The number of nitrogen functional groups attached to an aromatic ring is 1. The second-order valence-electron chi connectivity index (χ2n) is 5.29. The van der Waals surface area contributed by atoms with Crippen LogP contribution < -0.4 is 10.6 Å². The Morgan fingerprint density at radius 1 is 1.57 bits per heavy atom. The predicted octanol–water partition coefficient (Wildman–Crippen LogP) is -0.657. The predicted molar refractivity (Wildman–Crippen MR) is 78.5 cm³/mol. The molecule has 1 aliphatic rings. The van der Waals surface area contributed by atoms with E-state index in [4.69, 9.17) is 5.73 Å². The molecule has 0 radical (unpaired) electrons. The maximum Gasteiger partial charge on any atom is 0.171 e. The molecule has 1 aliphatic heterocycles. The first kappa shape index (κ1) is 15.6. The molecule has 2 heterocycles. The van der Waals surface area contributed by atoms with Crippen LogP contribution in [0.25, 0.3) is 0 Å². The third-order valence-corrected chi connectivity index (χ3v) is 4.38. The molecule has 21 heavy (non-hydrogen) atoms. The number of aliphatic hydroxyl groups excluding tert-OH is 1. The van der Waals surface area contributed by atoms with E-state index in [0.29, 0.717) is 18.9 Å². The van der Waals surface area contributed by atoms with Crippen molar-refractivity contribution in [1.29, 1.82) is 5.26 Å². The number of β-amino-alcohol motifs (C(OH)–C–C–N with tert-alkyl or cyclic N) is 1. The van der Waals surface area contributed by atoms with E-state index in [-0.39, 0.29) is 23.7 Å². The van der Waals surface area contributed by atoms with Crippen molar-refractivity contribution in [2.75, 3.05) is 35.7 Å². The van der Waals surface area contributed by atoms with Gasteiger partial charge in [0, 0.05) is 19.3 Å². The van der Waals surface area contributed by atoms with E-state index in [1.807, 2.05) is 11.0 Å². The number of nitrogens with zero attached hydrogens (tertiary/aromatic N) is 4. The molecular formula is C12H19N5O3S. The zero-order chi connectivity index (χ0) is 15.6. The SMILES string of the molecule is CS(=O)(=O)CCn1nc(N2CCCC(O)C2)c(C#N)c1N. The first-order chi connectivity index (χ1) is 9.81. The topological polar surface area (TPSA) is 125 Å². The molecule has 0 amide bonds. The molecule has 1 atom stereocenters. The summed E-state index contributed by atoms with van der Waals surface area (Å²) in [6.45, 7) is 1.20. The number of rotatable bonds is 4. The number of aromatic nitrogens is 2. The van der Waals surface area contributed by atoms with Gasteiger partial charge in [0.05, 0.1) is 18.4 Å². The minimum absolute atomic E-state index is 0.0915. The van der Waals surface area contributed by atoms with E-state index in [1.54, 1.807) is 0 Å². The van der Waals surface area contributed by atoms with Crippen LogP contribution in [0.5, 0.6) is 0 Å². The van der Waals surface area contributed by atoms with Crippen LogP contribution in [0.4, 0.5) is 11.6 Å². The van der Waals surface area contributed by atoms with Crippen molar-refractivity contribution in [2.45, 2.75) is 25.5 Å². The molecule has 1 aromatic heterocycles. The van der Waals surface area contributed by atoms with Gasteiger partial charge in [0.15, 0.2) is 5.82 Å². The van der Waals surface area contributed by atoms with Gasteiger partial charge in [-0.2, -0.15) is 10.4 Å². The van der Waals surface area contributed by atoms with Crippen molar-refractivity contribution in [1.82, 2.24) is 9.78 Å². The number of aliphatic hydroxyl groups is 1. The molecule has 9 heteroatoms. The molecule has 1 aromatic rings. The molecule has 1 unspecified atom stereocenters. The molecule has 0 bridgehead atoms. The highest BCUT2D eigenvalue weighted by atomic mass is 32.2. The Morgan fingerprint density at radius 2 is 2.29 bits per heavy atom. The average Bonchev–Trinajstić information content (AvgIpc) is 2.72. The number of hydrogen-bond acceptors (Lipinski definition) is 7. The zero-order valence-corrected chi connectivity index (χ0v) is 12.7. The van der Waals surface area contributed by atoms with Gasteiger partial charge < -0.3 is 15.7 Å². The molecule has 0 spiro atoms. The molecule has 3 N–H and O–H groups in total. The molecular weight excluding hydrogens is 294 g/mol. The maximum atomic E-state index is 11.2. The van der Waals surface area contributed by atoms with Crippen molar-refractivity contribution in [2.24, 2.45) is 0 Å². The molecule has 8 nitrogen and oxygen atoms in total. The quantitative estimate of drug-likeness (QED) is 0.756. The second-order valence-corrected chi connectivity index (χ2v) is 7.55. The smallest absolute Gasteiger partial charge is 0.171 e. The number of hydrogen-bond donors (Lipinski definition) is 2. The summed E-state index contributed by atoms with van der Waals surface area (Å²) in [5.41, 5.74) is 6.11. The summed E-state index contributed by atoms with van der Waals surface area (Å²) in [6.07, 6.45) is 2.22. The Labute approximate surface area is 123 Å². The van der Waals surface area contributed by atoms with Crippen molar-refractivity contribution in [3.63, 3.8) is 0 Å². The van der Waals surface area contributed by atoms with Crippen LogP contribution >= 0.6 is 0 Å². The van der Waals surface area contributed by atoms with Gasteiger partial charge in [-0.1, -0.05) is 0 Å². The Balaban J connectivity index is 2.28. The van der Waals surface area contributed by atoms with Gasteiger partial charge in [-0.3, -0.25) is 0 Å². The molecule has 0 aromatic carbocycles. The van der Waals surface area contributed by atoms with Gasteiger partial charge in [-0.25, -0.2) is 13.1 Å². The summed E-state index contributed by atoms with van der Waals surface area (Å²) in [5, 5.41) is 23.2. The Morgan fingerprint density at radius 3 is 2.86 bits per heavy atom. The van der Waals surface area contributed by atoms with Crippen LogP contribution in [0.2, 0.25) is 0 Å². The number of piperidine rings is 1. The van der Waals surface area contributed by atoms with Crippen molar-refractivity contribution >= 4 is 21.5 Å². The Kier molecular flexibility index (Phi) is 4.39. The van der Waals surface area contributed by atoms with Gasteiger partial charge >= 0.3 is 0 Å². The minimum atomic E-state index is -3.14. The third kappa shape index (κ3) is 3.65. The fourth-order valence-corrected chi connectivity index (χ4v) is 2.86. The largest absolute Gasteiger partial charge is 0.391 e. The second kappa shape index (κ2) is 5.91. The summed E-state index contributed by atoms with van der Waals surface area (Å²) >= 11 is 0. The van der Waals surface area contributed by atoms with Gasteiger partial charge in [0.2, 0.25) is 0 Å². The number of sulfone groups is 1. The lowest BCUT2D eigenvalue weighted by Crippen LogP contribution is -2.38. The first-order valence-electron chi connectivity index (χ1n) is 6.69. The van der Waals surface area contributed by atoms with Crippen LogP contribution in [0.1, 0.15) is 18.4 Å². The van der Waals surface area contributed by atoms with Crippen LogP contribution in [0.15, 0.2) is 0 Å². The van der Waals surface area contributed by atoms with E-state index in [1.165, 1.54) is 4.68 Å². The van der Waals surface area contributed by atoms with Crippen LogP contribution in [-0.2, 0) is 16.4 Å². The maximum absolute atomic E-state index is 11.2. The highest BCUT2D eigenvalue weighted by Gasteiger charge is 2.25. The number of aryl methyl sites for hydroxylation is 1. The average molecular weight is 313 g/mol. The van der Waals surface area contributed by atoms with Gasteiger partial charge in [0.1, 0.15) is 27.3 Å². The summed E-state index contributed by atoms with van der Waals surface area (Å²) in [6, 6.07) is 2.01. The van der Waals surface area contributed by atoms with Crippen molar-refractivity contribution in [3.8, 4) is 6.07 Å².